The molecule has 0 saturated heterocycles. The third-order valence-corrected chi connectivity index (χ3v) is 5.30. The Morgan fingerprint density at radius 1 is 1.57 bits per heavy atom. The number of hydrogen-bond acceptors (Lipinski definition) is 4. The van der Waals surface area contributed by atoms with Crippen LogP contribution in [0, 0.1) is 11.8 Å². The van der Waals surface area contributed by atoms with E-state index in [2.05, 4.69) is 33.4 Å². The number of halogens is 1. The van der Waals surface area contributed by atoms with Gasteiger partial charge >= 0.3 is 0 Å². The summed E-state index contributed by atoms with van der Waals surface area (Å²) in [7, 11) is 1.71. The fourth-order valence-corrected chi connectivity index (χ4v) is 4.02. The lowest BCUT2D eigenvalue weighted by Crippen LogP contribution is -2.37. The maximum atomic E-state index is 5.90. The highest BCUT2D eigenvalue weighted by atomic mass is 79.9. The Labute approximate surface area is 135 Å². The van der Waals surface area contributed by atoms with E-state index in [1.807, 2.05) is 10.9 Å². The monoisotopic (exact) mass is 358 g/mol. The Morgan fingerprint density at radius 3 is 3.05 bits per heavy atom. The summed E-state index contributed by atoms with van der Waals surface area (Å²) in [6.07, 6.45) is 8.24. The predicted molar refractivity (Wildman–Crippen MR) is 87.6 cm³/mol. The first-order chi connectivity index (χ1) is 10.2. The van der Waals surface area contributed by atoms with Gasteiger partial charge < -0.3 is 4.74 Å². The van der Waals surface area contributed by atoms with Crippen molar-refractivity contribution < 1.29 is 4.74 Å². The number of nitrogens with zero attached hydrogens (tertiary/aromatic N) is 2. The Kier molecular flexibility index (Phi) is 6.67. The molecule has 0 spiro atoms. The Bertz CT molecular complexity index is 437. The van der Waals surface area contributed by atoms with Gasteiger partial charge in [0, 0.05) is 7.11 Å². The first-order valence-corrected chi connectivity index (χ1v) is 8.66. The van der Waals surface area contributed by atoms with Gasteiger partial charge in [-0.15, -0.1) is 0 Å². The molecule has 0 aliphatic heterocycles. The molecule has 3 atom stereocenters. The molecule has 0 amide bonds. The van der Waals surface area contributed by atoms with Gasteiger partial charge in [-0.25, -0.2) is 0 Å². The maximum absolute atomic E-state index is 5.90. The van der Waals surface area contributed by atoms with E-state index in [1.54, 1.807) is 7.11 Å². The molecule has 120 valence electrons. The van der Waals surface area contributed by atoms with Crippen LogP contribution in [0.3, 0.4) is 0 Å². The van der Waals surface area contributed by atoms with E-state index in [-0.39, 0.29) is 6.04 Å². The minimum Gasteiger partial charge on any atom is -0.383 e. The lowest BCUT2D eigenvalue weighted by molar-refractivity contribution is 0.174. The molecule has 1 aromatic rings. The molecule has 0 aromatic carbocycles. The second-order valence-electron chi connectivity index (χ2n) is 5.94. The third-order valence-electron chi connectivity index (χ3n) is 4.69. The molecule has 3 unspecified atom stereocenters. The van der Waals surface area contributed by atoms with Gasteiger partial charge in [0.05, 0.1) is 35.6 Å². The Hall–Kier alpha value is -0.430. The van der Waals surface area contributed by atoms with Gasteiger partial charge in [0.2, 0.25) is 0 Å². The normalized spacial score (nSPS) is 24.2. The van der Waals surface area contributed by atoms with Crippen LogP contribution < -0.4 is 11.3 Å². The van der Waals surface area contributed by atoms with E-state index in [0.717, 1.165) is 22.6 Å². The lowest BCUT2D eigenvalue weighted by atomic mass is 9.76. The summed E-state index contributed by atoms with van der Waals surface area (Å²) in [5.74, 6) is 7.30. The second-order valence-corrected chi connectivity index (χ2v) is 6.79. The molecule has 1 fully saturated rings. The number of nitrogens with two attached hydrogens (primary N) is 1. The Balaban J connectivity index is 2.18. The molecule has 1 aliphatic rings. The highest BCUT2D eigenvalue weighted by molar-refractivity contribution is 9.10. The van der Waals surface area contributed by atoms with Crippen molar-refractivity contribution in [3.8, 4) is 0 Å². The zero-order valence-electron chi connectivity index (χ0n) is 13.0. The molecular weight excluding hydrogens is 332 g/mol. The molecule has 5 nitrogen and oxygen atoms in total. The van der Waals surface area contributed by atoms with Crippen LogP contribution in [0.2, 0.25) is 0 Å². The lowest BCUT2D eigenvalue weighted by Gasteiger charge is -2.34. The quantitative estimate of drug-likeness (QED) is 0.580. The van der Waals surface area contributed by atoms with Crippen LogP contribution in [0.5, 0.6) is 0 Å². The Morgan fingerprint density at radius 2 is 2.38 bits per heavy atom. The zero-order valence-corrected chi connectivity index (χ0v) is 14.6. The molecule has 0 bridgehead atoms. The van der Waals surface area contributed by atoms with Gasteiger partial charge in [0.15, 0.2) is 0 Å². The van der Waals surface area contributed by atoms with Crippen molar-refractivity contribution in [2.45, 2.75) is 51.6 Å². The average molecular weight is 359 g/mol. The number of nitrogens with one attached hydrogen (secondary N) is 1. The van der Waals surface area contributed by atoms with Gasteiger partial charge in [-0.2, -0.15) is 5.10 Å². The van der Waals surface area contributed by atoms with E-state index < -0.39 is 0 Å². The summed E-state index contributed by atoms with van der Waals surface area (Å²) < 4.78 is 8.21. The zero-order chi connectivity index (χ0) is 15.2. The predicted octanol–water partition coefficient (Wildman–Crippen LogP) is 3.01. The van der Waals surface area contributed by atoms with Crippen LogP contribution in [0.1, 0.15) is 50.8 Å². The molecule has 1 saturated carbocycles. The highest BCUT2D eigenvalue weighted by Crippen LogP contribution is 2.39. The van der Waals surface area contributed by atoms with Gasteiger partial charge in [-0.3, -0.25) is 16.0 Å². The van der Waals surface area contributed by atoms with Crippen LogP contribution in [0.15, 0.2) is 10.7 Å². The topological polar surface area (TPSA) is 65.1 Å². The van der Waals surface area contributed by atoms with Crippen LogP contribution in [0.25, 0.3) is 0 Å². The minimum atomic E-state index is 0.146. The second kappa shape index (κ2) is 8.27. The molecule has 1 aliphatic carbocycles. The standard InChI is InChI=1S/C15H27BrN4O/c1-3-11-5-4-6-12(9-11)14(19-17)15-13(16)10-18-20(15)7-8-21-2/h10-12,14,19H,3-9,17H2,1-2H3. The van der Waals surface area contributed by atoms with E-state index in [9.17, 15) is 0 Å². The van der Waals surface area contributed by atoms with Gasteiger partial charge in [-0.1, -0.05) is 26.2 Å². The number of hydrogen-bond donors (Lipinski definition) is 2. The summed E-state index contributed by atoms with van der Waals surface area (Å²) in [5.41, 5.74) is 4.19. The molecule has 0 radical (unpaired) electrons. The van der Waals surface area contributed by atoms with E-state index in [1.165, 1.54) is 32.1 Å². The minimum absolute atomic E-state index is 0.146. The van der Waals surface area contributed by atoms with E-state index in [4.69, 9.17) is 10.6 Å². The van der Waals surface area contributed by atoms with Crippen molar-refractivity contribution in [3.05, 3.63) is 16.4 Å². The summed E-state index contributed by atoms with van der Waals surface area (Å²) in [6, 6.07) is 0.146. The highest BCUT2D eigenvalue weighted by Gasteiger charge is 2.31. The van der Waals surface area contributed by atoms with Crippen molar-refractivity contribution in [2.75, 3.05) is 13.7 Å². The number of methoxy groups -OCH3 is 1. The van der Waals surface area contributed by atoms with Crippen LogP contribution in [-0.2, 0) is 11.3 Å². The summed E-state index contributed by atoms with van der Waals surface area (Å²) >= 11 is 3.63. The van der Waals surface area contributed by atoms with E-state index in [0.29, 0.717) is 12.5 Å². The smallest absolute Gasteiger partial charge is 0.0713 e. The molecule has 3 N–H and O–H groups in total. The van der Waals surface area contributed by atoms with Crippen LogP contribution >= 0.6 is 15.9 Å². The van der Waals surface area contributed by atoms with Gasteiger partial charge in [0.1, 0.15) is 0 Å². The molecule has 1 heterocycles. The number of ether oxygens (including phenoxy) is 1. The van der Waals surface area contributed by atoms with Gasteiger partial charge in [0.25, 0.3) is 0 Å². The van der Waals surface area contributed by atoms with Crippen molar-refractivity contribution in [1.29, 1.82) is 0 Å². The average Bonchev–Trinajstić information content (AvgIpc) is 2.88. The molecule has 1 aromatic heterocycles. The van der Waals surface area contributed by atoms with Crippen molar-refractivity contribution in [1.82, 2.24) is 15.2 Å². The summed E-state index contributed by atoms with van der Waals surface area (Å²) in [6.45, 7) is 3.69. The van der Waals surface area contributed by atoms with Gasteiger partial charge in [-0.05, 0) is 40.6 Å². The maximum Gasteiger partial charge on any atom is 0.0713 e. The number of aromatic nitrogens is 2. The fraction of sp³-hybridized carbons (Fsp3) is 0.800. The third kappa shape index (κ3) is 4.06. The molecule has 2 rings (SSSR count). The summed E-state index contributed by atoms with van der Waals surface area (Å²) in [5, 5.41) is 4.45. The van der Waals surface area contributed by atoms with Crippen molar-refractivity contribution in [3.63, 3.8) is 0 Å². The molecule has 6 heteroatoms. The summed E-state index contributed by atoms with van der Waals surface area (Å²) in [4.78, 5) is 0. The number of hydrazine groups is 1. The fourth-order valence-electron chi connectivity index (χ4n) is 3.48. The first kappa shape index (κ1) is 16.9. The van der Waals surface area contributed by atoms with Crippen molar-refractivity contribution in [2.24, 2.45) is 17.7 Å². The SMILES string of the molecule is CCC1CCCC(C(NN)c2c(Br)cnn2CCOC)C1. The van der Waals surface area contributed by atoms with E-state index >= 15 is 0 Å². The first-order valence-electron chi connectivity index (χ1n) is 7.87. The number of rotatable bonds is 7. The van der Waals surface area contributed by atoms with Crippen LogP contribution in [0.4, 0.5) is 0 Å². The van der Waals surface area contributed by atoms with Crippen LogP contribution in [-0.4, -0.2) is 23.5 Å². The molecule has 21 heavy (non-hydrogen) atoms. The largest absolute Gasteiger partial charge is 0.383 e. The van der Waals surface area contributed by atoms with Crippen molar-refractivity contribution >= 4 is 15.9 Å². The molecular formula is C15H27BrN4O.